The van der Waals surface area contributed by atoms with Crippen LogP contribution in [-0.4, -0.2) is 47.5 Å². The number of rotatable bonds is 8. The van der Waals surface area contributed by atoms with E-state index < -0.39 is 0 Å². The Hall–Kier alpha value is -2.35. The number of urea groups is 1. The number of hydrogen-bond donors (Lipinski definition) is 1. The highest BCUT2D eigenvalue weighted by molar-refractivity contribution is 7.98. The number of carbonyl (C=O) groups excluding carboxylic acids is 1. The molecule has 2 amide bonds. The zero-order valence-electron chi connectivity index (χ0n) is 15.9. The van der Waals surface area contributed by atoms with Gasteiger partial charge in [-0.05, 0) is 30.9 Å². The molecule has 0 fully saturated rings. The molecular weight excluding hydrogens is 352 g/mol. The topological polar surface area (TPSA) is 68.6 Å². The Morgan fingerprint density at radius 2 is 2.15 bits per heavy atom. The standard InChI is InChI=1S/C18H26N4O3S/c1-6-25-16-9-13(7-8-15(16)24-4)12-21(2)17(23)19-10-14-11-20-18(26-5)22(14)3/h7-9,11H,6,10,12H2,1-5H3,(H,19,23). The molecule has 26 heavy (non-hydrogen) atoms. The van der Waals surface area contributed by atoms with Crippen molar-refractivity contribution in [3.8, 4) is 11.5 Å². The maximum Gasteiger partial charge on any atom is 0.317 e. The zero-order valence-corrected chi connectivity index (χ0v) is 16.7. The summed E-state index contributed by atoms with van der Waals surface area (Å²) in [5.41, 5.74) is 1.93. The number of nitrogens with zero attached hydrogens (tertiary/aromatic N) is 3. The van der Waals surface area contributed by atoms with Crippen molar-refractivity contribution in [3.63, 3.8) is 0 Å². The van der Waals surface area contributed by atoms with E-state index in [1.165, 1.54) is 0 Å². The Balaban J connectivity index is 1.96. The number of methoxy groups -OCH3 is 1. The number of thioether (sulfide) groups is 1. The molecular formula is C18H26N4O3S. The van der Waals surface area contributed by atoms with Crippen LogP contribution in [0.25, 0.3) is 0 Å². The van der Waals surface area contributed by atoms with Crippen molar-refractivity contribution >= 4 is 17.8 Å². The summed E-state index contributed by atoms with van der Waals surface area (Å²) in [6, 6.07) is 5.53. The Morgan fingerprint density at radius 1 is 1.38 bits per heavy atom. The van der Waals surface area contributed by atoms with E-state index in [0.29, 0.717) is 31.2 Å². The first-order valence-corrected chi connectivity index (χ1v) is 9.55. The molecule has 0 aliphatic heterocycles. The summed E-state index contributed by atoms with van der Waals surface area (Å²) in [5.74, 6) is 1.37. The van der Waals surface area contributed by atoms with Gasteiger partial charge in [-0.2, -0.15) is 0 Å². The molecule has 7 nitrogen and oxygen atoms in total. The van der Waals surface area contributed by atoms with E-state index >= 15 is 0 Å². The predicted octanol–water partition coefficient (Wildman–Crippen LogP) is 2.89. The van der Waals surface area contributed by atoms with E-state index in [1.807, 2.05) is 43.0 Å². The van der Waals surface area contributed by atoms with Gasteiger partial charge in [-0.3, -0.25) is 0 Å². The van der Waals surface area contributed by atoms with E-state index in [1.54, 1.807) is 37.0 Å². The molecule has 0 saturated carbocycles. The van der Waals surface area contributed by atoms with Crippen LogP contribution in [0.3, 0.4) is 0 Å². The molecule has 1 N–H and O–H groups in total. The molecule has 142 valence electrons. The number of ether oxygens (including phenoxy) is 2. The molecule has 0 unspecified atom stereocenters. The van der Waals surface area contributed by atoms with Gasteiger partial charge in [0.15, 0.2) is 16.7 Å². The SMILES string of the molecule is CCOc1cc(CN(C)C(=O)NCc2cnc(SC)n2C)ccc1OC. The number of imidazole rings is 1. The molecule has 1 aromatic heterocycles. The van der Waals surface area contributed by atoms with Crippen LogP contribution in [-0.2, 0) is 20.1 Å². The van der Waals surface area contributed by atoms with Gasteiger partial charge in [-0.15, -0.1) is 0 Å². The summed E-state index contributed by atoms with van der Waals surface area (Å²) in [7, 11) is 5.31. The maximum absolute atomic E-state index is 12.4. The molecule has 1 heterocycles. The van der Waals surface area contributed by atoms with Crippen LogP contribution in [0, 0.1) is 0 Å². The van der Waals surface area contributed by atoms with Gasteiger partial charge in [-0.25, -0.2) is 9.78 Å². The normalized spacial score (nSPS) is 10.5. The van der Waals surface area contributed by atoms with Crippen molar-refractivity contribution in [1.29, 1.82) is 0 Å². The van der Waals surface area contributed by atoms with E-state index in [0.717, 1.165) is 16.4 Å². The van der Waals surface area contributed by atoms with Crippen LogP contribution in [0.4, 0.5) is 4.79 Å². The summed E-state index contributed by atoms with van der Waals surface area (Å²) in [6.45, 7) is 3.38. The fourth-order valence-corrected chi connectivity index (χ4v) is 3.06. The largest absolute Gasteiger partial charge is 0.493 e. The number of carbonyl (C=O) groups is 1. The molecule has 0 saturated heterocycles. The second kappa shape index (κ2) is 9.38. The first kappa shape index (κ1) is 20.0. The smallest absolute Gasteiger partial charge is 0.317 e. The molecule has 8 heteroatoms. The second-order valence-electron chi connectivity index (χ2n) is 5.73. The number of amides is 2. The Labute approximate surface area is 158 Å². The van der Waals surface area contributed by atoms with E-state index in [2.05, 4.69) is 10.3 Å². The van der Waals surface area contributed by atoms with Crippen molar-refractivity contribution in [1.82, 2.24) is 19.8 Å². The van der Waals surface area contributed by atoms with E-state index in [-0.39, 0.29) is 6.03 Å². The summed E-state index contributed by atoms with van der Waals surface area (Å²) < 4.78 is 12.8. The van der Waals surface area contributed by atoms with E-state index in [4.69, 9.17) is 9.47 Å². The van der Waals surface area contributed by atoms with Gasteiger partial charge >= 0.3 is 6.03 Å². The van der Waals surface area contributed by atoms with Crippen LogP contribution in [0.15, 0.2) is 29.6 Å². The third-order valence-electron chi connectivity index (χ3n) is 3.94. The van der Waals surface area contributed by atoms with E-state index in [9.17, 15) is 4.79 Å². The number of nitrogens with one attached hydrogen (secondary N) is 1. The molecule has 2 aromatic rings. The third kappa shape index (κ3) is 4.85. The van der Waals surface area contributed by atoms with Crippen LogP contribution in [0.5, 0.6) is 11.5 Å². The lowest BCUT2D eigenvalue weighted by atomic mass is 10.2. The van der Waals surface area contributed by atoms with Crippen LogP contribution in [0.1, 0.15) is 18.2 Å². The summed E-state index contributed by atoms with van der Waals surface area (Å²) in [5, 5.41) is 3.84. The van der Waals surface area contributed by atoms with Crippen molar-refractivity contribution in [3.05, 3.63) is 35.7 Å². The van der Waals surface area contributed by atoms with Gasteiger partial charge in [0.2, 0.25) is 0 Å². The van der Waals surface area contributed by atoms with Crippen molar-refractivity contribution in [2.24, 2.45) is 7.05 Å². The van der Waals surface area contributed by atoms with Gasteiger partial charge in [0.1, 0.15) is 0 Å². The monoisotopic (exact) mass is 378 g/mol. The minimum absolute atomic E-state index is 0.148. The fourth-order valence-electron chi connectivity index (χ4n) is 2.51. The Kier molecular flexibility index (Phi) is 7.20. The quantitative estimate of drug-likeness (QED) is 0.716. The lowest BCUT2D eigenvalue weighted by Gasteiger charge is -2.19. The third-order valence-corrected chi connectivity index (χ3v) is 4.68. The fraction of sp³-hybridized carbons (Fsp3) is 0.444. The molecule has 0 aliphatic rings. The Morgan fingerprint density at radius 3 is 2.77 bits per heavy atom. The second-order valence-corrected chi connectivity index (χ2v) is 6.50. The molecule has 0 bridgehead atoms. The summed E-state index contributed by atoms with van der Waals surface area (Å²) in [6.07, 6.45) is 3.76. The van der Waals surface area contributed by atoms with Gasteiger partial charge in [-0.1, -0.05) is 17.8 Å². The Bertz CT molecular complexity index is 748. The average Bonchev–Trinajstić information content (AvgIpc) is 3.00. The lowest BCUT2D eigenvalue weighted by molar-refractivity contribution is 0.206. The molecule has 2 rings (SSSR count). The minimum atomic E-state index is -0.148. The molecule has 0 atom stereocenters. The van der Waals surface area contributed by atoms with Crippen molar-refractivity contribution < 1.29 is 14.3 Å². The highest BCUT2D eigenvalue weighted by Crippen LogP contribution is 2.28. The number of aromatic nitrogens is 2. The van der Waals surface area contributed by atoms with Crippen molar-refractivity contribution in [2.75, 3.05) is 27.0 Å². The van der Waals surface area contributed by atoms with Gasteiger partial charge in [0.25, 0.3) is 0 Å². The lowest BCUT2D eigenvalue weighted by Crippen LogP contribution is -2.36. The average molecular weight is 378 g/mol. The molecule has 1 aromatic carbocycles. The summed E-state index contributed by atoms with van der Waals surface area (Å²) >= 11 is 1.57. The zero-order chi connectivity index (χ0) is 19.1. The molecule has 0 radical (unpaired) electrons. The van der Waals surface area contributed by atoms with Crippen LogP contribution >= 0.6 is 11.8 Å². The molecule has 0 aliphatic carbocycles. The minimum Gasteiger partial charge on any atom is -0.493 e. The highest BCUT2D eigenvalue weighted by Gasteiger charge is 2.13. The number of benzene rings is 1. The van der Waals surface area contributed by atoms with Crippen LogP contribution in [0.2, 0.25) is 0 Å². The first-order valence-electron chi connectivity index (χ1n) is 8.33. The predicted molar refractivity (Wildman–Crippen MR) is 103 cm³/mol. The number of hydrogen-bond acceptors (Lipinski definition) is 5. The highest BCUT2D eigenvalue weighted by atomic mass is 32.2. The van der Waals surface area contributed by atoms with Crippen LogP contribution < -0.4 is 14.8 Å². The summed E-state index contributed by atoms with van der Waals surface area (Å²) in [4.78, 5) is 18.3. The molecule has 0 spiro atoms. The van der Waals surface area contributed by atoms with Gasteiger partial charge in [0, 0.05) is 20.6 Å². The van der Waals surface area contributed by atoms with Gasteiger partial charge < -0.3 is 24.3 Å². The van der Waals surface area contributed by atoms with Crippen molar-refractivity contribution in [2.45, 2.75) is 25.2 Å². The maximum atomic E-state index is 12.4. The van der Waals surface area contributed by atoms with Gasteiger partial charge in [0.05, 0.1) is 32.2 Å². The first-order chi connectivity index (χ1) is 12.5.